The second-order valence-corrected chi connectivity index (χ2v) is 6.94. The van der Waals surface area contributed by atoms with Crippen molar-refractivity contribution in [2.75, 3.05) is 20.8 Å². The second kappa shape index (κ2) is 15.4. The van der Waals surface area contributed by atoms with Crippen LogP contribution in [0, 0.1) is 13.8 Å². The standard InChI is InChI=1S/C19H28N4O2.2C2H6.HI/c1-14-18(24)16(7-9-22(14)5)11-20(3)13-21(4)12-17-8-10-23(6)15(2)19(17)25;2*1-2;/h7-10H,11-13H2,1-6H3;2*1-2H3;1H/p+2. The van der Waals surface area contributed by atoms with Gasteiger partial charge < -0.3 is 10.2 Å². The second-order valence-electron chi connectivity index (χ2n) is 6.94. The van der Waals surface area contributed by atoms with E-state index < -0.39 is 0 Å². The zero-order valence-electron chi connectivity index (χ0n) is 20.5. The maximum absolute atomic E-state index is 10.3. The van der Waals surface area contributed by atoms with Crippen LogP contribution < -0.4 is 9.13 Å². The molecule has 2 heterocycles. The van der Waals surface area contributed by atoms with Gasteiger partial charge in [-0.25, -0.2) is 9.13 Å². The number of aromatic nitrogens is 2. The van der Waals surface area contributed by atoms with Gasteiger partial charge >= 0.3 is 0 Å². The summed E-state index contributed by atoms with van der Waals surface area (Å²) in [6, 6.07) is 3.90. The summed E-state index contributed by atoms with van der Waals surface area (Å²) < 4.78 is 3.82. The van der Waals surface area contributed by atoms with E-state index in [4.69, 9.17) is 0 Å². The molecule has 2 aromatic rings. The molecule has 0 amide bonds. The van der Waals surface area contributed by atoms with E-state index in [1.54, 1.807) is 0 Å². The highest BCUT2D eigenvalue weighted by atomic mass is 127. The van der Waals surface area contributed by atoms with Crippen molar-refractivity contribution in [3.8, 4) is 11.5 Å². The Labute approximate surface area is 200 Å². The van der Waals surface area contributed by atoms with E-state index in [0.717, 1.165) is 29.2 Å². The monoisotopic (exact) mass is 534 g/mol. The summed E-state index contributed by atoms with van der Waals surface area (Å²) in [4.78, 5) is 4.28. The molecule has 0 bridgehead atoms. The number of aromatic hydroxyl groups is 2. The van der Waals surface area contributed by atoms with Gasteiger partial charge in [0, 0.05) is 50.2 Å². The topological polar surface area (TPSA) is 54.7 Å². The van der Waals surface area contributed by atoms with Gasteiger partial charge in [-0.15, -0.1) is 24.0 Å². The van der Waals surface area contributed by atoms with Crippen molar-refractivity contribution >= 4 is 24.0 Å². The molecule has 0 saturated carbocycles. The minimum absolute atomic E-state index is 0. The van der Waals surface area contributed by atoms with Crippen LogP contribution in [0.25, 0.3) is 0 Å². The quantitative estimate of drug-likeness (QED) is 0.338. The zero-order valence-corrected chi connectivity index (χ0v) is 22.9. The Morgan fingerprint density at radius 3 is 1.33 bits per heavy atom. The lowest BCUT2D eigenvalue weighted by molar-refractivity contribution is -0.678. The van der Waals surface area contributed by atoms with Crippen LogP contribution >= 0.6 is 24.0 Å². The lowest BCUT2D eigenvalue weighted by atomic mass is 10.2. The van der Waals surface area contributed by atoms with E-state index in [2.05, 4.69) is 9.80 Å². The van der Waals surface area contributed by atoms with Crippen molar-refractivity contribution in [2.24, 2.45) is 14.1 Å². The molecule has 0 aliphatic carbocycles. The molecule has 0 spiro atoms. The largest absolute Gasteiger partial charge is 0.502 e. The number of pyridine rings is 2. The molecule has 0 atom stereocenters. The van der Waals surface area contributed by atoms with Crippen LogP contribution in [0.1, 0.15) is 50.2 Å². The molecule has 0 fully saturated rings. The van der Waals surface area contributed by atoms with Crippen LogP contribution in [0.4, 0.5) is 0 Å². The predicted molar refractivity (Wildman–Crippen MR) is 134 cm³/mol. The third-order valence-corrected chi connectivity index (χ3v) is 4.71. The predicted octanol–water partition coefficient (Wildman–Crippen LogP) is 3.56. The fraction of sp³-hybridized carbons (Fsp3) is 0.565. The first-order valence-electron chi connectivity index (χ1n) is 10.4. The fourth-order valence-corrected chi connectivity index (χ4v) is 2.93. The molecule has 0 aliphatic heterocycles. The van der Waals surface area contributed by atoms with Crippen LogP contribution in [0.15, 0.2) is 24.5 Å². The molecule has 6 nitrogen and oxygen atoms in total. The number of nitrogens with zero attached hydrogens (tertiary/aromatic N) is 4. The SMILES string of the molecule is CC.CC.Cc1c(O)c(CN(C)CN(C)Cc2cc[n+](C)c(C)c2O)cc[n+]1C.I. The van der Waals surface area contributed by atoms with E-state index in [-0.39, 0.29) is 24.0 Å². The Kier molecular flexibility index (Phi) is 15.7. The molecule has 7 heteroatoms. The van der Waals surface area contributed by atoms with Gasteiger partial charge in [-0.05, 0) is 14.1 Å². The highest BCUT2D eigenvalue weighted by Crippen LogP contribution is 2.21. The average molecular weight is 535 g/mol. The van der Waals surface area contributed by atoms with Gasteiger partial charge in [-0.3, -0.25) is 9.80 Å². The molecule has 0 unspecified atom stereocenters. The van der Waals surface area contributed by atoms with Crippen molar-refractivity contribution in [3.63, 3.8) is 0 Å². The van der Waals surface area contributed by atoms with Gasteiger partial charge in [0.05, 0.1) is 6.67 Å². The van der Waals surface area contributed by atoms with Crippen molar-refractivity contribution in [2.45, 2.75) is 54.6 Å². The normalized spacial score (nSPS) is 10.0. The maximum atomic E-state index is 10.3. The van der Waals surface area contributed by atoms with E-state index in [0.29, 0.717) is 24.6 Å². The Morgan fingerprint density at radius 2 is 1.03 bits per heavy atom. The highest BCUT2D eigenvalue weighted by molar-refractivity contribution is 14.0. The van der Waals surface area contributed by atoms with Crippen LogP contribution in [0.3, 0.4) is 0 Å². The summed E-state index contributed by atoms with van der Waals surface area (Å²) >= 11 is 0. The highest BCUT2D eigenvalue weighted by Gasteiger charge is 2.17. The minimum Gasteiger partial charge on any atom is -0.502 e. The van der Waals surface area contributed by atoms with Crippen molar-refractivity contribution in [3.05, 3.63) is 47.0 Å². The summed E-state index contributed by atoms with van der Waals surface area (Å²) in [5.74, 6) is 0.701. The van der Waals surface area contributed by atoms with Crippen LogP contribution in [-0.4, -0.2) is 40.8 Å². The number of hydrogen-bond donors (Lipinski definition) is 2. The molecule has 30 heavy (non-hydrogen) atoms. The molecule has 0 saturated heterocycles. The molecular formula is C23H43IN4O2+2. The van der Waals surface area contributed by atoms with Crippen molar-refractivity contribution in [1.29, 1.82) is 0 Å². The van der Waals surface area contributed by atoms with Gasteiger partial charge in [0.2, 0.25) is 11.4 Å². The van der Waals surface area contributed by atoms with Gasteiger partial charge in [0.15, 0.2) is 23.9 Å². The van der Waals surface area contributed by atoms with Crippen LogP contribution in [0.2, 0.25) is 0 Å². The Bertz CT molecular complexity index is 706. The first kappa shape index (κ1) is 30.7. The number of hydrogen-bond acceptors (Lipinski definition) is 4. The molecule has 0 aromatic carbocycles. The minimum atomic E-state index is 0. The van der Waals surface area contributed by atoms with Gasteiger partial charge in [-0.2, -0.15) is 0 Å². The third kappa shape index (κ3) is 8.73. The summed E-state index contributed by atoms with van der Waals surface area (Å²) in [5.41, 5.74) is 3.54. The number of rotatable bonds is 6. The van der Waals surface area contributed by atoms with E-state index in [1.165, 1.54) is 0 Å². The van der Waals surface area contributed by atoms with E-state index >= 15 is 0 Å². The molecule has 2 rings (SSSR count). The molecule has 0 aliphatic rings. The Hall–Kier alpha value is -1.45. The van der Waals surface area contributed by atoms with Crippen molar-refractivity contribution < 1.29 is 19.3 Å². The zero-order chi connectivity index (χ0) is 22.7. The Morgan fingerprint density at radius 1 is 0.733 bits per heavy atom. The van der Waals surface area contributed by atoms with Gasteiger partial charge in [0.1, 0.15) is 14.1 Å². The fourth-order valence-electron chi connectivity index (χ4n) is 2.93. The molecule has 0 radical (unpaired) electrons. The third-order valence-electron chi connectivity index (χ3n) is 4.71. The van der Waals surface area contributed by atoms with E-state index in [1.807, 2.05) is 103 Å². The molecule has 2 N–H and O–H groups in total. The first-order valence-corrected chi connectivity index (χ1v) is 10.4. The lowest BCUT2D eigenvalue weighted by Crippen LogP contribution is -2.35. The lowest BCUT2D eigenvalue weighted by Gasteiger charge is -2.25. The van der Waals surface area contributed by atoms with Gasteiger partial charge in [0.25, 0.3) is 0 Å². The van der Waals surface area contributed by atoms with Gasteiger partial charge in [-0.1, -0.05) is 27.7 Å². The number of halogens is 1. The average Bonchev–Trinajstić information content (AvgIpc) is 2.72. The van der Waals surface area contributed by atoms with Crippen LogP contribution in [0.5, 0.6) is 11.5 Å². The summed E-state index contributed by atoms with van der Waals surface area (Å²) in [6.07, 6.45) is 3.93. The molecule has 2 aromatic heterocycles. The summed E-state index contributed by atoms with van der Waals surface area (Å²) in [7, 11) is 7.89. The summed E-state index contributed by atoms with van der Waals surface area (Å²) in [6.45, 7) is 13.9. The first-order chi connectivity index (χ1) is 13.7. The van der Waals surface area contributed by atoms with Crippen LogP contribution in [-0.2, 0) is 27.2 Å². The summed E-state index contributed by atoms with van der Waals surface area (Å²) in [5, 5.41) is 20.6. The van der Waals surface area contributed by atoms with Crippen molar-refractivity contribution in [1.82, 2.24) is 9.80 Å². The number of aryl methyl sites for hydroxylation is 2. The Balaban J connectivity index is 0. The maximum Gasteiger partial charge on any atom is 0.220 e. The smallest absolute Gasteiger partial charge is 0.220 e. The molecular weight excluding hydrogens is 491 g/mol. The molecule has 172 valence electrons. The van der Waals surface area contributed by atoms with E-state index in [9.17, 15) is 10.2 Å².